The minimum Gasteiger partial charge on any atom is -0.310 e. The molecule has 19 heavy (non-hydrogen) atoms. The van der Waals surface area contributed by atoms with E-state index in [1.165, 1.54) is 49.9 Å². The standard InChI is InChI=1S/C13H26N6/c1-18(12-7-4-3-5-8-12)10-6-9-14-11-13-15-17-19(2)16-13/h12,14H,3-11H2,1-2H3. The summed E-state index contributed by atoms with van der Waals surface area (Å²) < 4.78 is 0. The van der Waals surface area contributed by atoms with Crippen molar-refractivity contribution in [3.05, 3.63) is 5.82 Å². The van der Waals surface area contributed by atoms with Crippen LogP contribution in [0.4, 0.5) is 0 Å². The zero-order valence-electron chi connectivity index (χ0n) is 12.2. The molecule has 2 rings (SSSR count). The van der Waals surface area contributed by atoms with Crippen LogP contribution in [0.2, 0.25) is 0 Å². The van der Waals surface area contributed by atoms with Gasteiger partial charge in [0, 0.05) is 6.04 Å². The first kappa shape index (κ1) is 14.4. The van der Waals surface area contributed by atoms with Crippen molar-refractivity contribution in [3.8, 4) is 0 Å². The number of tetrazole rings is 1. The van der Waals surface area contributed by atoms with Crippen LogP contribution >= 0.6 is 0 Å². The first-order valence-electron chi connectivity index (χ1n) is 7.39. The Kier molecular flexibility index (Phi) is 5.72. The Morgan fingerprint density at radius 3 is 2.79 bits per heavy atom. The first-order valence-corrected chi connectivity index (χ1v) is 7.39. The third-order valence-electron chi connectivity index (χ3n) is 3.90. The third kappa shape index (κ3) is 4.87. The SMILES string of the molecule is CN(CCCNCc1nnn(C)n1)C1CCCCC1. The van der Waals surface area contributed by atoms with Gasteiger partial charge in [-0.3, -0.25) is 0 Å². The Morgan fingerprint density at radius 2 is 2.11 bits per heavy atom. The smallest absolute Gasteiger partial charge is 0.188 e. The van der Waals surface area contributed by atoms with Crippen LogP contribution in [0.5, 0.6) is 0 Å². The van der Waals surface area contributed by atoms with E-state index in [1.54, 1.807) is 7.05 Å². The van der Waals surface area contributed by atoms with Gasteiger partial charge < -0.3 is 10.2 Å². The fourth-order valence-electron chi connectivity index (χ4n) is 2.75. The molecule has 0 aromatic carbocycles. The van der Waals surface area contributed by atoms with Gasteiger partial charge in [0.2, 0.25) is 0 Å². The van der Waals surface area contributed by atoms with E-state index in [4.69, 9.17) is 0 Å². The van der Waals surface area contributed by atoms with E-state index in [-0.39, 0.29) is 0 Å². The molecule has 0 radical (unpaired) electrons. The van der Waals surface area contributed by atoms with Gasteiger partial charge in [-0.15, -0.1) is 10.2 Å². The monoisotopic (exact) mass is 266 g/mol. The van der Waals surface area contributed by atoms with Crippen LogP contribution in [-0.4, -0.2) is 51.3 Å². The van der Waals surface area contributed by atoms with Crippen LogP contribution in [0.1, 0.15) is 44.3 Å². The predicted molar refractivity (Wildman–Crippen MR) is 74.6 cm³/mol. The van der Waals surface area contributed by atoms with Gasteiger partial charge in [0.1, 0.15) is 0 Å². The topological polar surface area (TPSA) is 58.9 Å². The molecule has 6 nitrogen and oxygen atoms in total. The Balaban J connectivity index is 1.53. The predicted octanol–water partition coefficient (Wildman–Crippen LogP) is 0.954. The van der Waals surface area contributed by atoms with E-state index >= 15 is 0 Å². The van der Waals surface area contributed by atoms with E-state index in [2.05, 4.69) is 32.7 Å². The molecule has 1 fully saturated rings. The van der Waals surface area contributed by atoms with Crippen LogP contribution in [0, 0.1) is 0 Å². The van der Waals surface area contributed by atoms with Gasteiger partial charge in [-0.05, 0) is 44.6 Å². The second kappa shape index (κ2) is 7.55. The maximum absolute atomic E-state index is 4.14. The molecule has 1 saturated carbocycles. The van der Waals surface area contributed by atoms with Crippen molar-refractivity contribution in [1.29, 1.82) is 0 Å². The first-order chi connectivity index (χ1) is 9.25. The molecule has 1 heterocycles. The molecule has 1 aromatic heterocycles. The van der Waals surface area contributed by atoms with Crippen molar-refractivity contribution in [1.82, 2.24) is 30.4 Å². The summed E-state index contributed by atoms with van der Waals surface area (Å²) in [4.78, 5) is 4.02. The Hall–Kier alpha value is -1.01. The molecule has 0 aliphatic heterocycles. The largest absolute Gasteiger partial charge is 0.310 e. The van der Waals surface area contributed by atoms with Crippen molar-refractivity contribution < 1.29 is 0 Å². The molecule has 1 aliphatic carbocycles. The summed E-state index contributed by atoms with van der Waals surface area (Å²) in [6.07, 6.45) is 8.18. The molecule has 1 N–H and O–H groups in total. The molecule has 0 unspecified atom stereocenters. The molecular formula is C13H26N6. The lowest BCUT2D eigenvalue weighted by atomic mass is 9.94. The lowest BCUT2D eigenvalue weighted by molar-refractivity contribution is 0.189. The molecule has 0 spiro atoms. The molecule has 0 saturated heterocycles. The number of aryl methyl sites for hydroxylation is 1. The highest BCUT2D eigenvalue weighted by Crippen LogP contribution is 2.21. The average Bonchev–Trinajstić information content (AvgIpc) is 2.85. The van der Waals surface area contributed by atoms with Crippen molar-refractivity contribution >= 4 is 0 Å². The van der Waals surface area contributed by atoms with Crippen molar-refractivity contribution in [2.24, 2.45) is 7.05 Å². The number of hydrogen-bond donors (Lipinski definition) is 1. The lowest BCUT2D eigenvalue weighted by Crippen LogP contribution is -2.35. The highest BCUT2D eigenvalue weighted by Gasteiger charge is 2.17. The Bertz CT molecular complexity index is 358. The summed E-state index contributed by atoms with van der Waals surface area (Å²) in [6, 6.07) is 0.815. The maximum atomic E-state index is 4.14. The fourth-order valence-corrected chi connectivity index (χ4v) is 2.75. The summed E-state index contributed by atoms with van der Waals surface area (Å²) in [7, 11) is 4.05. The zero-order valence-corrected chi connectivity index (χ0v) is 12.2. The fraction of sp³-hybridized carbons (Fsp3) is 0.923. The van der Waals surface area contributed by atoms with Gasteiger partial charge in [-0.2, -0.15) is 4.80 Å². The lowest BCUT2D eigenvalue weighted by Gasteiger charge is -2.31. The highest BCUT2D eigenvalue weighted by atomic mass is 15.6. The van der Waals surface area contributed by atoms with E-state index < -0.39 is 0 Å². The number of rotatable bonds is 7. The molecule has 0 amide bonds. The Labute approximate surface area is 115 Å². The molecular weight excluding hydrogens is 240 g/mol. The van der Waals surface area contributed by atoms with Gasteiger partial charge in [0.25, 0.3) is 0 Å². The number of nitrogens with one attached hydrogen (secondary N) is 1. The highest BCUT2D eigenvalue weighted by molar-refractivity contribution is 4.76. The molecule has 1 aliphatic rings. The van der Waals surface area contributed by atoms with Crippen molar-refractivity contribution in [2.45, 2.75) is 51.1 Å². The normalized spacial score (nSPS) is 17.2. The van der Waals surface area contributed by atoms with Crippen LogP contribution in [0.15, 0.2) is 0 Å². The molecule has 108 valence electrons. The number of aromatic nitrogens is 4. The van der Waals surface area contributed by atoms with Crippen molar-refractivity contribution in [2.75, 3.05) is 20.1 Å². The summed E-state index contributed by atoms with van der Waals surface area (Å²) in [5.74, 6) is 0.767. The molecule has 1 aromatic rings. The van der Waals surface area contributed by atoms with Crippen molar-refractivity contribution in [3.63, 3.8) is 0 Å². The van der Waals surface area contributed by atoms with E-state index in [9.17, 15) is 0 Å². The Morgan fingerprint density at radius 1 is 1.32 bits per heavy atom. The minimum atomic E-state index is 0.709. The summed E-state index contributed by atoms with van der Waals surface area (Å²) in [5, 5.41) is 15.3. The van der Waals surface area contributed by atoms with Gasteiger partial charge in [-0.25, -0.2) is 0 Å². The quantitative estimate of drug-likeness (QED) is 0.745. The second-order valence-corrected chi connectivity index (χ2v) is 5.50. The van der Waals surface area contributed by atoms with Crippen LogP contribution in [-0.2, 0) is 13.6 Å². The van der Waals surface area contributed by atoms with Crippen LogP contribution in [0.25, 0.3) is 0 Å². The van der Waals surface area contributed by atoms with Gasteiger partial charge in [-0.1, -0.05) is 19.3 Å². The summed E-state index contributed by atoms with van der Waals surface area (Å²) in [6.45, 7) is 2.89. The van der Waals surface area contributed by atoms with Gasteiger partial charge >= 0.3 is 0 Å². The second-order valence-electron chi connectivity index (χ2n) is 5.50. The van der Waals surface area contributed by atoms with Crippen LogP contribution in [0.3, 0.4) is 0 Å². The minimum absolute atomic E-state index is 0.709. The average molecular weight is 266 g/mol. The third-order valence-corrected chi connectivity index (χ3v) is 3.90. The molecule has 0 atom stereocenters. The maximum Gasteiger partial charge on any atom is 0.188 e. The van der Waals surface area contributed by atoms with E-state index in [0.717, 1.165) is 18.4 Å². The van der Waals surface area contributed by atoms with Gasteiger partial charge in [0.05, 0.1) is 13.6 Å². The number of hydrogen-bond acceptors (Lipinski definition) is 5. The van der Waals surface area contributed by atoms with Crippen LogP contribution < -0.4 is 5.32 Å². The molecule has 6 heteroatoms. The molecule has 0 bridgehead atoms. The van der Waals surface area contributed by atoms with Gasteiger partial charge in [0.15, 0.2) is 5.82 Å². The summed E-state index contributed by atoms with van der Waals surface area (Å²) >= 11 is 0. The van der Waals surface area contributed by atoms with E-state index in [1.807, 2.05) is 0 Å². The van der Waals surface area contributed by atoms with E-state index in [0.29, 0.717) is 6.54 Å². The summed E-state index contributed by atoms with van der Waals surface area (Å²) in [5.41, 5.74) is 0. The zero-order chi connectivity index (χ0) is 13.5. The number of nitrogens with zero attached hydrogens (tertiary/aromatic N) is 5.